The van der Waals surface area contributed by atoms with Crippen LogP contribution in [-0.2, 0) is 6.42 Å². The van der Waals surface area contributed by atoms with Gasteiger partial charge in [0.1, 0.15) is 0 Å². The minimum absolute atomic E-state index is 0.579. The van der Waals surface area contributed by atoms with Gasteiger partial charge in [-0.25, -0.2) is 0 Å². The number of aromatic nitrogens is 1. The standard InChI is InChI=1S/C10H10ClNO/c1-7-2-3-8-9(4-5-11)12-13-10(8)6-7/h2-3,6H,4-5H2,1H3. The third-order valence-corrected chi connectivity index (χ3v) is 2.22. The van der Waals surface area contributed by atoms with Crippen LogP contribution in [0.2, 0.25) is 0 Å². The van der Waals surface area contributed by atoms with Crippen molar-refractivity contribution in [3.8, 4) is 0 Å². The Labute approximate surface area is 81.5 Å². The van der Waals surface area contributed by atoms with E-state index in [2.05, 4.69) is 11.2 Å². The number of benzene rings is 1. The topological polar surface area (TPSA) is 26.0 Å². The first-order valence-corrected chi connectivity index (χ1v) is 4.75. The Balaban J connectivity index is 2.55. The van der Waals surface area contributed by atoms with Gasteiger partial charge in [-0.1, -0.05) is 11.2 Å². The van der Waals surface area contributed by atoms with E-state index in [-0.39, 0.29) is 0 Å². The van der Waals surface area contributed by atoms with Gasteiger partial charge in [0.2, 0.25) is 0 Å². The summed E-state index contributed by atoms with van der Waals surface area (Å²) in [4.78, 5) is 0. The van der Waals surface area contributed by atoms with Gasteiger partial charge >= 0.3 is 0 Å². The molecule has 0 saturated carbocycles. The second-order valence-corrected chi connectivity index (χ2v) is 3.45. The summed E-state index contributed by atoms with van der Waals surface area (Å²) in [5, 5.41) is 5.04. The fourth-order valence-corrected chi connectivity index (χ4v) is 1.55. The first-order chi connectivity index (χ1) is 6.31. The van der Waals surface area contributed by atoms with Gasteiger partial charge in [-0.15, -0.1) is 11.6 Å². The summed E-state index contributed by atoms with van der Waals surface area (Å²) >= 11 is 5.64. The third kappa shape index (κ3) is 1.54. The van der Waals surface area contributed by atoms with E-state index >= 15 is 0 Å². The minimum Gasteiger partial charge on any atom is -0.356 e. The number of hydrogen-bond acceptors (Lipinski definition) is 2. The Morgan fingerprint density at radius 1 is 1.46 bits per heavy atom. The van der Waals surface area contributed by atoms with Gasteiger partial charge in [-0.3, -0.25) is 0 Å². The van der Waals surface area contributed by atoms with Crippen LogP contribution in [-0.4, -0.2) is 11.0 Å². The van der Waals surface area contributed by atoms with Crippen LogP contribution in [0, 0.1) is 6.92 Å². The molecule has 0 N–H and O–H groups in total. The smallest absolute Gasteiger partial charge is 0.167 e. The molecule has 3 heteroatoms. The Bertz CT molecular complexity index is 422. The Hall–Kier alpha value is -1.02. The quantitative estimate of drug-likeness (QED) is 0.689. The van der Waals surface area contributed by atoms with Crippen molar-refractivity contribution in [1.82, 2.24) is 5.16 Å². The summed E-state index contributed by atoms with van der Waals surface area (Å²) in [6.45, 7) is 2.03. The summed E-state index contributed by atoms with van der Waals surface area (Å²) in [6.07, 6.45) is 0.762. The zero-order valence-electron chi connectivity index (χ0n) is 7.38. The largest absolute Gasteiger partial charge is 0.356 e. The molecule has 0 aliphatic heterocycles. The number of hydrogen-bond donors (Lipinski definition) is 0. The van der Waals surface area contributed by atoms with Crippen molar-refractivity contribution in [3.63, 3.8) is 0 Å². The summed E-state index contributed by atoms with van der Waals surface area (Å²) in [5.41, 5.74) is 2.98. The first kappa shape index (κ1) is 8.57. The number of aryl methyl sites for hydroxylation is 2. The molecule has 0 radical (unpaired) electrons. The SMILES string of the molecule is Cc1ccc2c(CCCl)noc2c1. The Kier molecular flexibility index (Phi) is 2.23. The Morgan fingerprint density at radius 3 is 3.08 bits per heavy atom. The van der Waals surface area contributed by atoms with Crippen molar-refractivity contribution in [2.45, 2.75) is 13.3 Å². The molecule has 0 unspecified atom stereocenters. The van der Waals surface area contributed by atoms with Crippen LogP contribution in [0.15, 0.2) is 22.7 Å². The number of rotatable bonds is 2. The lowest BCUT2D eigenvalue weighted by Crippen LogP contribution is -1.85. The number of nitrogens with zero attached hydrogens (tertiary/aromatic N) is 1. The molecule has 0 saturated heterocycles. The van der Waals surface area contributed by atoms with Gasteiger partial charge in [0.15, 0.2) is 5.58 Å². The van der Waals surface area contributed by atoms with Gasteiger partial charge in [0, 0.05) is 17.7 Å². The van der Waals surface area contributed by atoms with Gasteiger partial charge in [-0.05, 0) is 24.6 Å². The van der Waals surface area contributed by atoms with E-state index in [1.165, 1.54) is 5.56 Å². The number of alkyl halides is 1. The predicted molar refractivity (Wildman–Crippen MR) is 53.2 cm³/mol. The summed E-state index contributed by atoms with van der Waals surface area (Å²) in [6, 6.07) is 6.07. The van der Waals surface area contributed by atoms with Gasteiger partial charge in [-0.2, -0.15) is 0 Å². The lowest BCUT2D eigenvalue weighted by molar-refractivity contribution is 0.447. The molecular weight excluding hydrogens is 186 g/mol. The van der Waals surface area contributed by atoms with Crippen LogP contribution in [0.1, 0.15) is 11.3 Å². The van der Waals surface area contributed by atoms with Crippen LogP contribution >= 0.6 is 11.6 Å². The van der Waals surface area contributed by atoms with Gasteiger partial charge in [0.25, 0.3) is 0 Å². The van der Waals surface area contributed by atoms with E-state index in [1.54, 1.807) is 0 Å². The maximum absolute atomic E-state index is 5.64. The highest BCUT2D eigenvalue weighted by Gasteiger charge is 2.06. The average Bonchev–Trinajstić information content (AvgIpc) is 2.49. The van der Waals surface area contributed by atoms with Crippen LogP contribution in [0.4, 0.5) is 0 Å². The average molecular weight is 196 g/mol. The maximum Gasteiger partial charge on any atom is 0.167 e. The molecular formula is C10H10ClNO. The molecule has 13 heavy (non-hydrogen) atoms. The molecule has 1 aromatic carbocycles. The maximum atomic E-state index is 5.64. The van der Waals surface area contributed by atoms with E-state index < -0.39 is 0 Å². The molecule has 0 aliphatic rings. The molecule has 2 nitrogen and oxygen atoms in total. The second kappa shape index (κ2) is 3.38. The van der Waals surface area contributed by atoms with Gasteiger partial charge < -0.3 is 4.52 Å². The van der Waals surface area contributed by atoms with E-state index in [9.17, 15) is 0 Å². The van der Waals surface area contributed by atoms with Crippen LogP contribution in [0.25, 0.3) is 11.0 Å². The van der Waals surface area contributed by atoms with Crippen molar-refractivity contribution in [2.75, 3.05) is 5.88 Å². The van der Waals surface area contributed by atoms with Gasteiger partial charge in [0.05, 0.1) is 5.69 Å². The lowest BCUT2D eigenvalue weighted by atomic mass is 10.1. The molecule has 0 bridgehead atoms. The molecule has 2 aromatic rings. The number of fused-ring (bicyclic) bond motifs is 1. The van der Waals surface area contributed by atoms with Crippen LogP contribution in [0.3, 0.4) is 0 Å². The van der Waals surface area contributed by atoms with E-state index in [4.69, 9.17) is 16.1 Å². The highest BCUT2D eigenvalue weighted by molar-refractivity contribution is 6.18. The molecule has 68 valence electrons. The molecule has 0 spiro atoms. The zero-order valence-corrected chi connectivity index (χ0v) is 8.14. The molecule has 0 aliphatic carbocycles. The van der Waals surface area contributed by atoms with Crippen molar-refractivity contribution >= 4 is 22.6 Å². The normalized spacial score (nSPS) is 10.9. The molecule has 2 rings (SSSR count). The molecule has 0 atom stereocenters. The van der Waals surface area contributed by atoms with Crippen molar-refractivity contribution < 1.29 is 4.52 Å². The molecule has 0 amide bonds. The molecule has 0 fully saturated rings. The first-order valence-electron chi connectivity index (χ1n) is 4.22. The fourth-order valence-electron chi connectivity index (χ4n) is 1.37. The highest BCUT2D eigenvalue weighted by atomic mass is 35.5. The van der Waals surface area contributed by atoms with Crippen molar-refractivity contribution in [3.05, 3.63) is 29.5 Å². The minimum atomic E-state index is 0.579. The Morgan fingerprint density at radius 2 is 2.31 bits per heavy atom. The van der Waals surface area contributed by atoms with E-state index in [0.717, 1.165) is 23.1 Å². The summed E-state index contributed by atoms with van der Waals surface area (Å²) < 4.78 is 5.17. The summed E-state index contributed by atoms with van der Waals surface area (Å²) in [7, 11) is 0. The van der Waals surface area contributed by atoms with E-state index in [1.807, 2.05) is 19.1 Å². The summed E-state index contributed by atoms with van der Waals surface area (Å²) in [5.74, 6) is 0.579. The predicted octanol–water partition coefficient (Wildman–Crippen LogP) is 2.92. The fraction of sp³-hybridized carbons (Fsp3) is 0.300. The van der Waals surface area contributed by atoms with E-state index in [0.29, 0.717) is 5.88 Å². The zero-order chi connectivity index (χ0) is 9.26. The lowest BCUT2D eigenvalue weighted by Gasteiger charge is -1.91. The second-order valence-electron chi connectivity index (χ2n) is 3.07. The highest BCUT2D eigenvalue weighted by Crippen LogP contribution is 2.20. The van der Waals surface area contributed by atoms with Crippen molar-refractivity contribution in [2.24, 2.45) is 0 Å². The third-order valence-electron chi connectivity index (χ3n) is 2.03. The van der Waals surface area contributed by atoms with Crippen LogP contribution < -0.4 is 0 Å². The molecule has 1 aromatic heterocycles. The van der Waals surface area contributed by atoms with Crippen molar-refractivity contribution in [1.29, 1.82) is 0 Å². The van der Waals surface area contributed by atoms with Crippen LogP contribution in [0.5, 0.6) is 0 Å². The molecule has 1 heterocycles. The monoisotopic (exact) mass is 195 g/mol. The number of halogens is 1.